The van der Waals surface area contributed by atoms with Crippen LogP contribution in [0.3, 0.4) is 0 Å². The predicted molar refractivity (Wildman–Crippen MR) is 3.43 cm³/mol. The topological polar surface area (TPSA) is 142 Å². The fourth-order valence-electron chi connectivity index (χ4n) is 0. The second-order valence-electron chi connectivity index (χ2n) is 0. The normalized spacial score (nSPS) is 0. The van der Waals surface area contributed by atoms with Gasteiger partial charge in [0.1, 0.15) is 0 Å². The average Bonchev–Trinajstić information content (AvgIpc) is 0. The summed E-state index contributed by atoms with van der Waals surface area (Å²) in [5, 5.41) is 0. The molecule has 0 bridgehead atoms. The van der Waals surface area contributed by atoms with Crippen molar-refractivity contribution in [1.82, 2.24) is 0 Å². The molecular weight excluding hydrogens is 574 g/mol. The minimum atomic E-state index is 0. The van der Waals surface area contributed by atoms with Gasteiger partial charge in [-0.2, -0.15) is 0 Å². The van der Waals surface area contributed by atoms with Crippen molar-refractivity contribution in [3.05, 3.63) is 0 Å². The standard InChI is InChI=1S/2Cr.5O.2Pt/q2*+3;5*-2;2*+2. The van der Waals surface area contributed by atoms with Crippen molar-refractivity contribution < 1.29 is 104 Å². The first kappa shape index (κ1) is 235. The fraction of sp³-hybridized carbons (Fsp3) is 0. The molecule has 2 radical (unpaired) electrons. The molecule has 0 saturated heterocycles. The first-order valence-electron chi connectivity index (χ1n) is 0. The van der Waals surface area contributed by atoms with Gasteiger partial charge in [-0.3, -0.25) is 0 Å². The van der Waals surface area contributed by atoms with Gasteiger partial charge in [-0.25, -0.2) is 0 Å². The summed E-state index contributed by atoms with van der Waals surface area (Å²) in [6.07, 6.45) is 0. The van der Waals surface area contributed by atoms with Crippen molar-refractivity contribution in [3.8, 4) is 0 Å². The Morgan fingerprint density at radius 2 is 0.333 bits per heavy atom. The van der Waals surface area contributed by atoms with Crippen LogP contribution in [0.15, 0.2) is 0 Å². The van der Waals surface area contributed by atoms with E-state index < -0.39 is 0 Å². The van der Waals surface area contributed by atoms with Gasteiger partial charge >= 0.3 is 76.9 Å². The quantitative estimate of drug-likeness (QED) is 0.365. The van der Waals surface area contributed by atoms with Crippen LogP contribution < -0.4 is 0 Å². The molecule has 0 atom stereocenters. The van der Waals surface area contributed by atoms with Crippen LogP contribution in [0, 0.1) is 0 Å². The van der Waals surface area contributed by atoms with Gasteiger partial charge in [0.2, 0.25) is 0 Å². The van der Waals surface area contributed by atoms with Crippen LogP contribution in [0.5, 0.6) is 0 Å². The Labute approximate surface area is 103 Å². The van der Waals surface area contributed by atoms with Gasteiger partial charge in [-0.1, -0.05) is 0 Å². The molecule has 0 N–H and O–H groups in total. The summed E-state index contributed by atoms with van der Waals surface area (Å²) in [6, 6.07) is 0. The van der Waals surface area contributed by atoms with Gasteiger partial charge in [0.25, 0.3) is 0 Å². The third kappa shape index (κ3) is 138. The van der Waals surface area contributed by atoms with E-state index in [1.807, 2.05) is 0 Å². The summed E-state index contributed by atoms with van der Waals surface area (Å²) in [5.41, 5.74) is 0. The molecule has 0 aromatic heterocycles. The van der Waals surface area contributed by atoms with Gasteiger partial charge < -0.3 is 27.4 Å². The zero-order valence-corrected chi connectivity index (χ0v) is 10.6. The van der Waals surface area contributed by atoms with Gasteiger partial charge in [-0.05, 0) is 0 Å². The molecule has 9 heteroatoms. The van der Waals surface area contributed by atoms with E-state index in [0.29, 0.717) is 0 Å². The molecule has 0 saturated carbocycles. The summed E-state index contributed by atoms with van der Waals surface area (Å²) in [6.45, 7) is 0. The second-order valence-corrected chi connectivity index (χ2v) is 0. The number of hydrogen-bond donors (Lipinski definition) is 0. The fourth-order valence-corrected chi connectivity index (χ4v) is 0. The molecule has 0 aliphatic rings. The van der Waals surface area contributed by atoms with E-state index in [1.54, 1.807) is 0 Å². The molecule has 0 amide bonds. The predicted octanol–water partition coefficient (Wildman–Crippen LogP) is -0.604. The summed E-state index contributed by atoms with van der Waals surface area (Å²) >= 11 is 0. The molecule has 5 nitrogen and oxygen atoms in total. The molecule has 0 rings (SSSR count). The van der Waals surface area contributed by atoms with Crippen LogP contribution in [0.2, 0.25) is 0 Å². The van der Waals surface area contributed by atoms with Crippen molar-refractivity contribution in [2.45, 2.75) is 0 Å². The molecule has 0 unspecified atom stereocenters. The Morgan fingerprint density at radius 3 is 0.333 bits per heavy atom. The largest absolute Gasteiger partial charge is 3.00 e. The van der Waals surface area contributed by atoms with Crippen LogP contribution in [0.4, 0.5) is 0 Å². The monoisotopic (exact) mass is 574 g/mol. The van der Waals surface area contributed by atoms with Gasteiger partial charge in [0, 0.05) is 0 Å². The SMILES string of the molecule is [Cr+3].[Cr+3].[O-2].[O-2].[O-2].[O-2].[O-2].[Pt+2].[Pt+2]. The summed E-state index contributed by atoms with van der Waals surface area (Å²) in [5.74, 6) is 0. The van der Waals surface area contributed by atoms with Crippen LogP contribution in [0.25, 0.3) is 0 Å². The average molecular weight is 574 g/mol. The molecule has 9 heavy (non-hydrogen) atoms. The van der Waals surface area contributed by atoms with Crippen LogP contribution >= 0.6 is 0 Å². The summed E-state index contributed by atoms with van der Waals surface area (Å²) < 4.78 is 0. The number of hydrogen-bond acceptors (Lipinski definition) is 0. The second kappa shape index (κ2) is 174. The molecular formula is Cr2O5Pt2. The van der Waals surface area contributed by atoms with E-state index in [4.69, 9.17) is 0 Å². The smallest absolute Gasteiger partial charge is 2.00 e. The molecule has 0 heterocycles. The maximum absolute atomic E-state index is 0. The molecule has 0 aromatic rings. The molecule has 0 fully saturated rings. The minimum absolute atomic E-state index is 0. The van der Waals surface area contributed by atoms with E-state index in [0.717, 1.165) is 0 Å². The molecule has 0 aliphatic heterocycles. The third-order valence-electron chi connectivity index (χ3n) is 0. The molecule has 0 aromatic carbocycles. The Bertz CT molecular complexity index is 12.9. The molecule has 0 aliphatic carbocycles. The minimum Gasteiger partial charge on any atom is -2.00 e. The van der Waals surface area contributed by atoms with Crippen molar-refractivity contribution in [2.24, 2.45) is 0 Å². The van der Waals surface area contributed by atoms with Gasteiger partial charge in [0.15, 0.2) is 0 Å². The van der Waals surface area contributed by atoms with Crippen LogP contribution in [0.1, 0.15) is 0 Å². The van der Waals surface area contributed by atoms with E-state index in [9.17, 15) is 0 Å². The van der Waals surface area contributed by atoms with Crippen molar-refractivity contribution >= 4 is 0 Å². The Hall–Kier alpha value is 2.24. The first-order valence-corrected chi connectivity index (χ1v) is 0. The van der Waals surface area contributed by atoms with E-state index in [1.165, 1.54) is 0 Å². The van der Waals surface area contributed by atoms with Crippen molar-refractivity contribution in [3.63, 3.8) is 0 Å². The summed E-state index contributed by atoms with van der Waals surface area (Å²) in [7, 11) is 0. The Kier molecular flexibility index (Phi) is 4540. The third-order valence-corrected chi connectivity index (χ3v) is 0. The van der Waals surface area contributed by atoms with Crippen molar-refractivity contribution in [1.29, 1.82) is 0 Å². The molecule has 62 valence electrons. The number of rotatable bonds is 0. The van der Waals surface area contributed by atoms with E-state index in [-0.39, 0.29) is 104 Å². The zero-order chi connectivity index (χ0) is 0. The maximum Gasteiger partial charge on any atom is 3.00 e. The van der Waals surface area contributed by atoms with Gasteiger partial charge in [-0.15, -0.1) is 0 Å². The van der Waals surface area contributed by atoms with E-state index in [2.05, 4.69) is 0 Å². The van der Waals surface area contributed by atoms with E-state index >= 15 is 0 Å². The van der Waals surface area contributed by atoms with Crippen LogP contribution in [-0.2, 0) is 104 Å². The Morgan fingerprint density at radius 1 is 0.333 bits per heavy atom. The maximum atomic E-state index is 0. The van der Waals surface area contributed by atoms with Gasteiger partial charge in [0.05, 0.1) is 0 Å². The van der Waals surface area contributed by atoms with Crippen LogP contribution in [-0.4, -0.2) is 0 Å². The first-order chi connectivity index (χ1) is 0. The zero-order valence-electron chi connectivity index (χ0n) is 3.49. The van der Waals surface area contributed by atoms with Crippen molar-refractivity contribution in [2.75, 3.05) is 0 Å². The summed E-state index contributed by atoms with van der Waals surface area (Å²) in [4.78, 5) is 0. The Balaban J connectivity index is 0. The molecule has 0 spiro atoms.